The molecule has 0 fully saturated rings. The minimum atomic E-state index is -0.431. The van der Waals surface area contributed by atoms with Crippen LogP contribution in [-0.4, -0.2) is 12.1 Å². The Morgan fingerprint density at radius 1 is 1.12 bits per heavy atom. The lowest BCUT2D eigenvalue weighted by atomic mass is 10.1. The molecule has 0 radical (unpaired) electrons. The number of halogens is 3. The maximum Gasteiger partial charge on any atom is 0.307 e. The first-order valence-electron chi connectivity index (χ1n) is 10.3. The lowest BCUT2D eigenvalue weighted by Crippen LogP contribution is -2.16. The Bertz CT molecular complexity index is 1370. The van der Waals surface area contributed by atoms with Gasteiger partial charge in [0.05, 0.1) is 20.7 Å². The van der Waals surface area contributed by atoms with Gasteiger partial charge in [0.1, 0.15) is 17.9 Å². The van der Waals surface area contributed by atoms with Gasteiger partial charge < -0.3 is 9.15 Å². The van der Waals surface area contributed by atoms with Gasteiger partial charge in [0.2, 0.25) is 0 Å². The van der Waals surface area contributed by atoms with Crippen molar-refractivity contribution in [3.63, 3.8) is 0 Å². The van der Waals surface area contributed by atoms with Crippen LogP contribution in [0.2, 0.25) is 10.0 Å². The zero-order chi connectivity index (χ0) is 24.1. The Morgan fingerprint density at radius 2 is 1.94 bits per heavy atom. The van der Waals surface area contributed by atoms with Crippen molar-refractivity contribution in [2.24, 2.45) is 5.10 Å². The molecule has 8 heteroatoms. The number of hydrogen-bond acceptors (Lipinski definition) is 4. The fraction of sp³-hybridized carbons (Fsp3) is 0.0769. The first-order chi connectivity index (χ1) is 16.4. The smallest absolute Gasteiger partial charge is 0.307 e. The number of allylic oxidation sites excluding steroid dienone is 1. The molecule has 3 aromatic carbocycles. The highest BCUT2D eigenvalue weighted by molar-refractivity contribution is 9.10. The van der Waals surface area contributed by atoms with E-state index in [1.54, 1.807) is 36.6 Å². The monoisotopic (exact) mass is 556 g/mol. The minimum Gasteiger partial charge on any atom is -0.487 e. The molecule has 5 nitrogen and oxygen atoms in total. The number of furan rings is 1. The first-order valence-corrected chi connectivity index (χ1v) is 11.8. The normalized spacial score (nSPS) is 11.1. The zero-order valence-electron chi connectivity index (χ0n) is 17.9. The molecule has 0 aliphatic heterocycles. The molecule has 172 valence electrons. The van der Waals surface area contributed by atoms with Crippen LogP contribution in [-0.2, 0) is 13.0 Å². The number of nitrogens with one attached hydrogen (secondary N) is 1. The molecule has 0 saturated carbocycles. The summed E-state index contributed by atoms with van der Waals surface area (Å²) in [6, 6.07) is 18.2. The molecule has 4 rings (SSSR count). The molecule has 1 heterocycles. The van der Waals surface area contributed by atoms with Crippen LogP contribution in [0.4, 0.5) is 0 Å². The Hall–Kier alpha value is -3.06. The molecule has 34 heavy (non-hydrogen) atoms. The summed E-state index contributed by atoms with van der Waals surface area (Å²) in [5.74, 6) is 0.451. The molecule has 0 bridgehead atoms. The predicted octanol–water partition coefficient (Wildman–Crippen LogP) is 7.57. The lowest BCUT2D eigenvalue weighted by molar-refractivity contribution is 0.0929. The van der Waals surface area contributed by atoms with Crippen molar-refractivity contribution in [2.45, 2.75) is 13.0 Å². The van der Waals surface area contributed by atoms with Crippen molar-refractivity contribution in [3.8, 4) is 5.75 Å². The number of hydrogen-bond donors (Lipinski definition) is 1. The van der Waals surface area contributed by atoms with Gasteiger partial charge >= 0.3 is 5.91 Å². The second kappa shape index (κ2) is 10.9. The van der Waals surface area contributed by atoms with Crippen LogP contribution in [0.1, 0.15) is 27.2 Å². The van der Waals surface area contributed by atoms with Crippen LogP contribution in [0.3, 0.4) is 0 Å². The highest BCUT2D eigenvalue weighted by Gasteiger charge is 2.13. The van der Waals surface area contributed by atoms with Gasteiger partial charge in [0, 0.05) is 5.39 Å². The SMILES string of the molecule is C=CCc1cc(/C=N/NC(=O)c2cc3ccccc3o2)cc(Br)c1OCc1ccc(Cl)c(Cl)c1. The summed E-state index contributed by atoms with van der Waals surface area (Å²) in [6.45, 7) is 4.15. The molecule has 1 N–H and O–H groups in total. The predicted molar refractivity (Wildman–Crippen MR) is 140 cm³/mol. The minimum absolute atomic E-state index is 0.193. The average molecular weight is 558 g/mol. The molecule has 1 amide bonds. The molecule has 0 atom stereocenters. The van der Waals surface area contributed by atoms with Crippen molar-refractivity contribution >= 4 is 62.2 Å². The number of hydrazone groups is 1. The summed E-state index contributed by atoms with van der Waals surface area (Å²) in [4.78, 5) is 12.4. The van der Waals surface area contributed by atoms with Crippen molar-refractivity contribution in [1.82, 2.24) is 5.43 Å². The first kappa shape index (κ1) is 24.1. The van der Waals surface area contributed by atoms with Gasteiger partial charge in [-0.1, -0.05) is 53.5 Å². The summed E-state index contributed by atoms with van der Waals surface area (Å²) < 4.78 is 12.4. The van der Waals surface area contributed by atoms with Crippen molar-refractivity contribution < 1.29 is 13.9 Å². The Labute approximate surface area is 215 Å². The molecule has 0 saturated heterocycles. The molecular formula is C26H19BrCl2N2O3. The van der Waals surface area contributed by atoms with Crippen molar-refractivity contribution in [2.75, 3.05) is 0 Å². The number of rotatable bonds is 8. The lowest BCUT2D eigenvalue weighted by Gasteiger charge is -2.14. The largest absolute Gasteiger partial charge is 0.487 e. The van der Waals surface area contributed by atoms with Gasteiger partial charge in [0.15, 0.2) is 5.76 Å². The van der Waals surface area contributed by atoms with E-state index < -0.39 is 5.91 Å². The van der Waals surface area contributed by atoms with Gasteiger partial charge in [0.25, 0.3) is 0 Å². The van der Waals surface area contributed by atoms with E-state index in [1.807, 2.05) is 36.4 Å². The summed E-state index contributed by atoms with van der Waals surface area (Å²) in [6.07, 6.45) is 3.93. The van der Waals surface area contributed by atoms with Crippen LogP contribution >= 0.6 is 39.1 Å². The van der Waals surface area contributed by atoms with Gasteiger partial charge in [-0.3, -0.25) is 4.79 Å². The Balaban J connectivity index is 1.47. The highest BCUT2D eigenvalue weighted by atomic mass is 79.9. The number of benzene rings is 3. The van der Waals surface area contributed by atoms with E-state index >= 15 is 0 Å². The van der Waals surface area contributed by atoms with Crippen molar-refractivity contribution in [1.29, 1.82) is 0 Å². The third-order valence-corrected chi connectivity index (χ3v) is 6.23. The molecule has 0 aliphatic carbocycles. The average Bonchev–Trinajstić information content (AvgIpc) is 3.25. The van der Waals surface area contributed by atoms with E-state index in [0.717, 1.165) is 26.5 Å². The van der Waals surface area contributed by atoms with Crippen LogP contribution < -0.4 is 10.2 Å². The van der Waals surface area contributed by atoms with Crippen molar-refractivity contribution in [3.05, 3.63) is 110 Å². The number of amides is 1. The molecule has 0 unspecified atom stereocenters. The fourth-order valence-corrected chi connectivity index (χ4v) is 4.27. The van der Waals surface area contributed by atoms with Gasteiger partial charge in [-0.25, -0.2) is 5.43 Å². The van der Waals surface area contributed by atoms with E-state index in [0.29, 0.717) is 34.4 Å². The Morgan fingerprint density at radius 3 is 2.71 bits per heavy atom. The van der Waals surface area contributed by atoms with E-state index in [4.69, 9.17) is 32.4 Å². The number of nitrogens with zero attached hydrogens (tertiary/aromatic N) is 1. The number of ether oxygens (including phenoxy) is 1. The summed E-state index contributed by atoms with van der Waals surface area (Å²) in [5.41, 5.74) is 5.72. The quantitative estimate of drug-likeness (QED) is 0.138. The zero-order valence-corrected chi connectivity index (χ0v) is 21.0. The van der Waals surface area contributed by atoms with Crippen LogP contribution in [0.15, 0.2) is 87.3 Å². The second-order valence-corrected chi connectivity index (χ2v) is 9.04. The molecule has 1 aromatic heterocycles. The fourth-order valence-electron chi connectivity index (χ4n) is 3.32. The van der Waals surface area contributed by atoms with E-state index in [-0.39, 0.29) is 5.76 Å². The number of carbonyl (C=O) groups is 1. The van der Waals surface area contributed by atoms with Crippen LogP contribution in [0.5, 0.6) is 5.75 Å². The third-order valence-electron chi connectivity index (χ3n) is 4.90. The maximum absolute atomic E-state index is 12.4. The number of carbonyl (C=O) groups excluding carboxylic acids is 1. The highest BCUT2D eigenvalue weighted by Crippen LogP contribution is 2.32. The van der Waals surface area contributed by atoms with E-state index in [1.165, 1.54) is 0 Å². The number of para-hydroxylation sites is 1. The number of fused-ring (bicyclic) bond motifs is 1. The third kappa shape index (κ3) is 5.70. The summed E-state index contributed by atoms with van der Waals surface area (Å²) in [5, 5.41) is 5.90. The van der Waals surface area contributed by atoms with E-state index in [9.17, 15) is 4.79 Å². The van der Waals surface area contributed by atoms with Gasteiger partial charge in [-0.2, -0.15) is 5.10 Å². The van der Waals surface area contributed by atoms with Crippen LogP contribution in [0.25, 0.3) is 11.0 Å². The molecular weight excluding hydrogens is 539 g/mol. The summed E-state index contributed by atoms with van der Waals surface area (Å²) in [7, 11) is 0. The topological polar surface area (TPSA) is 63.8 Å². The summed E-state index contributed by atoms with van der Waals surface area (Å²) >= 11 is 15.7. The van der Waals surface area contributed by atoms with Gasteiger partial charge in [-0.05, 0) is 75.4 Å². The maximum atomic E-state index is 12.4. The Kier molecular flexibility index (Phi) is 7.73. The molecule has 4 aromatic rings. The standard InChI is InChI=1S/C26H19BrCl2N2O3/c1-2-5-19-10-17(11-20(27)25(19)33-15-16-8-9-21(28)22(29)12-16)14-30-31-26(32)24-13-18-6-3-4-7-23(18)34-24/h2-4,6-14H,1,5,15H2,(H,31,32)/b30-14+. The molecule has 0 aliphatic rings. The van der Waals surface area contributed by atoms with Gasteiger partial charge in [-0.15, -0.1) is 6.58 Å². The van der Waals surface area contributed by atoms with Crippen LogP contribution in [0, 0.1) is 0 Å². The molecule has 0 spiro atoms. The second-order valence-electron chi connectivity index (χ2n) is 7.37. The van der Waals surface area contributed by atoms with E-state index in [2.05, 4.69) is 33.0 Å².